The van der Waals surface area contributed by atoms with Crippen LogP contribution in [0, 0.1) is 5.41 Å². The van der Waals surface area contributed by atoms with Crippen molar-refractivity contribution in [3.8, 4) is 5.75 Å². The molecule has 130 valence electrons. The number of amides is 1. The number of benzene rings is 1. The fourth-order valence-electron chi connectivity index (χ4n) is 3.11. The summed E-state index contributed by atoms with van der Waals surface area (Å²) >= 11 is 0. The van der Waals surface area contributed by atoms with E-state index < -0.39 is 6.10 Å². The standard InChI is InChI=1S/C20H33NO2/c1-14(2)16-11-9-10-12-17(16)23-15(3)18(22)21-20(7,8)13-19(4,5)6/h9-12,14-15H,13H2,1-8H3,(H,21,22)/t15-/m1/s1. The van der Waals surface area contributed by atoms with Gasteiger partial charge in [0.05, 0.1) is 0 Å². The molecule has 1 atom stereocenters. The molecular formula is C20H33NO2. The average molecular weight is 319 g/mol. The van der Waals surface area contributed by atoms with Crippen molar-refractivity contribution in [2.75, 3.05) is 0 Å². The van der Waals surface area contributed by atoms with E-state index in [2.05, 4.69) is 53.8 Å². The van der Waals surface area contributed by atoms with E-state index in [1.807, 2.05) is 24.3 Å². The van der Waals surface area contributed by atoms with Crippen molar-refractivity contribution in [3.05, 3.63) is 29.8 Å². The van der Waals surface area contributed by atoms with Crippen LogP contribution in [0.3, 0.4) is 0 Å². The minimum absolute atomic E-state index is 0.0715. The number of carbonyl (C=O) groups excluding carboxylic acids is 1. The maximum absolute atomic E-state index is 12.5. The second-order valence-corrected chi connectivity index (χ2v) is 8.56. The first-order valence-corrected chi connectivity index (χ1v) is 8.49. The van der Waals surface area contributed by atoms with Crippen LogP contribution in [0.25, 0.3) is 0 Å². The Labute approximate surface area is 141 Å². The molecule has 3 nitrogen and oxygen atoms in total. The molecule has 0 aliphatic heterocycles. The van der Waals surface area contributed by atoms with Crippen LogP contribution >= 0.6 is 0 Å². The topological polar surface area (TPSA) is 38.3 Å². The number of para-hydroxylation sites is 1. The molecule has 0 unspecified atom stereocenters. The first-order chi connectivity index (χ1) is 10.4. The van der Waals surface area contributed by atoms with E-state index in [1.165, 1.54) is 0 Å². The second-order valence-electron chi connectivity index (χ2n) is 8.56. The third-order valence-electron chi connectivity index (χ3n) is 3.65. The summed E-state index contributed by atoms with van der Waals surface area (Å²) in [6.45, 7) is 16.7. The van der Waals surface area contributed by atoms with Crippen molar-refractivity contribution in [2.45, 2.75) is 79.4 Å². The van der Waals surface area contributed by atoms with Crippen molar-refractivity contribution in [3.63, 3.8) is 0 Å². The lowest BCUT2D eigenvalue weighted by Crippen LogP contribution is -2.50. The number of hydrogen-bond acceptors (Lipinski definition) is 2. The van der Waals surface area contributed by atoms with Crippen molar-refractivity contribution >= 4 is 5.91 Å². The zero-order valence-electron chi connectivity index (χ0n) is 16.0. The smallest absolute Gasteiger partial charge is 0.261 e. The zero-order valence-corrected chi connectivity index (χ0v) is 16.0. The maximum atomic E-state index is 12.5. The van der Waals surface area contributed by atoms with Gasteiger partial charge in [0.2, 0.25) is 0 Å². The number of rotatable bonds is 6. The Morgan fingerprint density at radius 2 is 1.65 bits per heavy atom. The second kappa shape index (κ2) is 7.37. The molecule has 0 bridgehead atoms. The Morgan fingerprint density at radius 1 is 1.09 bits per heavy atom. The Kier molecular flexibility index (Phi) is 6.26. The Balaban J connectivity index is 2.75. The van der Waals surface area contributed by atoms with Crippen LogP contribution in [0.1, 0.15) is 73.3 Å². The van der Waals surface area contributed by atoms with E-state index in [1.54, 1.807) is 6.92 Å². The monoisotopic (exact) mass is 319 g/mol. The highest BCUT2D eigenvalue weighted by molar-refractivity contribution is 5.81. The van der Waals surface area contributed by atoms with Gasteiger partial charge in [-0.1, -0.05) is 52.8 Å². The number of ether oxygens (including phenoxy) is 1. The van der Waals surface area contributed by atoms with Gasteiger partial charge in [-0.2, -0.15) is 0 Å². The first-order valence-electron chi connectivity index (χ1n) is 8.49. The lowest BCUT2D eigenvalue weighted by Gasteiger charge is -2.34. The predicted molar refractivity (Wildman–Crippen MR) is 96.9 cm³/mol. The predicted octanol–water partition coefficient (Wildman–Crippen LogP) is 4.91. The molecule has 0 aliphatic carbocycles. The fourth-order valence-corrected chi connectivity index (χ4v) is 3.11. The third kappa shape index (κ3) is 6.64. The van der Waals surface area contributed by atoms with Crippen LogP contribution in [0.2, 0.25) is 0 Å². The molecule has 0 saturated heterocycles. The molecule has 1 aromatic carbocycles. The minimum Gasteiger partial charge on any atom is -0.481 e. The van der Waals surface area contributed by atoms with Gasteiger partial charge in [0, 0.05) is 5.54 Å². The number of nitrogens with one attached hydrogen (secondary N) is 1. The van der Waals surface area contributed by atoms with Crippen LogP contribution in [0.15, 0.2) is 24.3 Å². The zero-order chi connectivity index (χ0) is 17.8. The van der Waals surface area contributed by atoms with Crippen LogP contribution in [0.4, 0.5) is 0 Å². The molecule has 0 radical (unpaired) electrons. The summed E-state index contributed by atoms with van der Waals surface area (Å²) in [7, 11) is 0. The van der Waals surface area contributed by atoms with Gasteiger partial charge in [0.15, 0.2) is 6.10 Å². The van der Waals surface area contributed by atoms with E-state index >= 15 is 0 Å². The van der Waals surface area contributed by atoms with Crippen molar-refractivity contribution in [1.82, 2.24) is 5.32 Å². The normalized spacial score (nSPS) is 13.8. The summed E-state index contributed by atoms with van der Waals surface area (Å²) in [5.41, 5.74) is 1.02. The molecule has 1 rings (SSSR count). The molecule has 1 amide bonds. The summed E-state index contributed by atoms with van der Waals surface area (Å²) in [4.78, 5) is 12.5. The summed E-state index contributed by atoms with van der Waals surface area (Å²) < 4.78 is 5.93. The molecule has 0 aromatic heterocycles. The van der Waals surface area contributed by atoms with Gasteiger partial charge in [0.25, 0.3) is 5.91 Å². The molecule has 0 saturated carbocycles. The van der Waals surface area contributed by atoms with Gasteiger partial charge in [-0.25, -0.2) is 0 Å². The summed E-state index contributed by atoms with van der Waals surface area (Å²) in [6, 6.07) is 7.92. The van der Waals surface area contributed by atoms with Gasteiger partial charge < -0.3 is 10.1 Å². The van der Waals surface area contributed by atoms with Crippen molar-refractivity contribution < 1.29 is 9.53 Å². The van der Waals surface area contributed by atoms with Crippen LogP contribution < -0.4 is 10.1 Å². The molecule has 23 heavy (non-hydrogen) atoms. The van der Waals surface area contributed by atoms with E-state index in [0.717, 1.165) is 17.7 Å². The molecule has 1 aromatic rings. The quantitative estimate of drug-likeness (QED) is 0.809. The van der Waals surface area contributed by atoms with E-state index in [9.17, 15) is 4.79 Å². The van der Waals surface area contributed by atoms with Gasteiger partial charge in [-0.05, 0) is 50.2 Å². The van der Waals surface area contributed by atoms with Crippen molar-refractivity contribution in [2.24, 2.45) is 5.41 Å². The highest BCUT2D eigenvalue weighted by Crippen LogP contribution is 2.28. The molecule has 3 heteroatoms. The first kappa shape index (κ1) is 19.5. The van der Waals surface area contributed by atoms with Crippen LogP contribution in [-0.2, 0) is 4.79 Å². The van der Waals surface area contributed by atoms with Gasteiger partial charge >= 0.3 is 0 Å². The van der Waals surface area contributed by atoms with Crippen molar-refractivity contribution in [1.29, 1.82) is 0 Å². The minimum atomic E-state index is -0.519. The molecule has 0 aliphatic rings. The number of hydrogen-bond donors (Lipinski definition) is 1. The highest BCUT2D eigenvalue weighted by Gasteiger charge is 2.29. The van der Waals surface area contributed by atoms with Crippen LogP contribution in [0.5, 0.6) is 5.75 Å². The molecule has 0 spiro atoms. The van der Waals surface area contributed by atoms with E-state index in [0.29, 0.717) is 5.92 Å². The lowest BCUT2D eigenvalue weighted by molar-refractivity contribution is -0.129. The number of carbonyl (C=O) groups is 1. The Bertz CT molecular complexity index is 527. The molecule has 0 heterocycles. The highest BCUT2D eigenvalue weighted by atomic mass is 16.5. The Hall–Kier alpha value is -1.51. The average Bonchev–Trinajstić information content (AvgIpc) is 2.35. The largest absolute Gasteiger partial charge is 0.481 e. The summed E-state index contributed by atoms with van der Waals surface area (Å²) in [5.74, 6) is 1.08. The molecule has 1 N–H and O–H groups in total. The lowest BCUT2D eigenvalue weighted by atomic mass is 9.81. The summed E-state index contributed by atoms with van der Waals surface area (Å²) in [6.07, 6.45) is 0.384. The van der Waals surface area contributed by atoms with Gasteiger partial charge in [-0.3, -0.25) is 4.79 Å². The third-order valence-corrected chi connectivity index (χ3v) is 3.65. The molecule has 0 fully saturated rings. The molecular weight excluding hydrogens is 286 g/mol. The van der Waals surface area contributed by atoms with Gasteiger partial charge in [0.1, 0.15) is 5.75 Å². The van der Waals surface area contributed by atoms with Gasteiger partial charge in [-0.15, -0.1) is 0 Å². The SMILES string of the molecule is CC(C)c1ccccc1O[C@H](C)C(=O)NC(C)(C)CC(C)(C)C. The van der Waals surface area contributed by atoms with E-state index in [4.69, 9.17) is 4.74 Å². The maximum Gasteiger partial charge on any atom is 0.261 e. The van der Waals surface area contributed by atoms with Crippen LogP contribution in [-0.4, -0.2) is 17.6 Å². The van der Waals surface area contributed by atoms with E-state index in [-0.39, 0.29) is 16.9 Å². The fraction of sp³-hybridized carbons (Fsp3) is 0.650. The summed E-state index contributed by atoms with van der Waals surface area (Å²) in [5, 5.41) is 3.12. The Morgan fingerprint density at radius 3 is 2.17 bits per heavy atom.